The molecule has 0 spiro atoms. The number of pyridine rings is 1. The third-order valence-electron chi connectivity index (χ3n) is 3.34. The van der Waals surface area contributed by atoms with Crippen molar-refractivity contribution >= 4 is 23.4 Å². The van der Waals surface area contributed by atoms with Crippen LogP contribution in [0.2, 0.25) is 5.15 Å². The molecule has 0 atom stereocenters. The number of hydrogen-bond acceptors (Lipinski definition) is 3. The summed E-state index contributed by atoms with van der Waals surface area (Å²) in [5.74, 6) is -0.202. The smallest absolute Gasteiger partial charge is 0.254 e. The van der Waals surface area contributed by atoms with Gasteiger partial charge in [0, 0.05) is 31.4 Å². The molecule has 2 heterocycles. The molecular formula is C14H18ClN3O2. The summed E-state index contributed by atoms with van der Waals surface area (Å²) >= 11 is 5.96. The largest absolute Gasteiger partial charge is 0.342 e. The van der Waals surface area contributed by atoms with Crippen molar-refractivity contribution in [2.75, 3.05) is 26.7 Å². The predicted octanol–water partition coefficient (Wildman–Crippen LogP) is 1.60. The van der Waals surface area contributed by atoms with Crippen LogP contribution in [0.1, 0.15) is 29.4 Å². The highest BCUT2D eigenvalue weighted by atomic mass is 35.5. The highest BCUT2D eigenvalue weighted by Crippen LogP contribution is 2.15. The minimum Gasteiger partial charge on any atom is -0.342 e. The van der Waals surface area contributed by atoms with Crippen molar-refractivity contribution in [2.45, 2.75) is 19.8 Å². The Morgan fingerprint density at radius 3 is 2.80 bits per heavy atom. The lowest BCUT2D eigenvalue weighted by Gasteiger charge is -2.32. The van der Waals surface area contributed by atoms with Crippen LogP contribution in [0.25, 0.3) is 0 Å². The van der Waals surface area contributed by atoms with Crippen molar-refractivity contribution in [3.05, 3.63) is 28.5 Å². The van der Waals surface area contributed by atoms with Gasteiger partial charge in [0.1, 0.15) is 11.7 Å². The van der Waals surface area contributed by atoms with Crippen LogP contribution < -0.4 is 0 Å². The molecule has 0 radical (unpaired) electrons. The summed E-state index contributed by atoms with van der Waals surface area (Å²) in [4.78, 5) is 31.5. The predicted molar refractivity (Wildman–Crippen MR) is 76.8 cm³/mol. The van der Waals surface area contributed by atoms with Crippen molar-refractivity contribution < 1.29 is 9.59 Å². The maximum Gasteiger partial charge on any atom is 0.254 e. The molecule has 1 aromatic heterocycles. The molecule has 6 heteroatoms. The Balaban J connectivity index is 2.18. The summed E-state index contributed by atoms with van der Waals surface area (Å²) in [5.41, 5.74) is 1.31. The minimum atomic E-state index is -0.159. The van der Waals surface area contributed by atoms with Crippen molar-refractivity contribution in [3.8, 4) is 0 Å². The van der Waals surface area contributed by atoms with Gasteiger partial charge in [-0.1, -0.05) is 24.9 Å². The Hall–Kier alpha value is -1.62. The summed E-state index contributed by atoms with van der Waals surface area (Å²) in [6.07, 6.45) is 1.72. The fraction of sp³-hybridized carbons (Fsp3) is 0.500. The molecule has 0 saturated carbocycles. The fourth-order valence-corrected chi connectivity index (χ4v) is 2.40. The van der Waals surface area contributed by atoms with Crippen LogP contribution in [0, 0.1) is 0 Å². The molecule has 2 amide bonds. The molecule has 1 aliphatic rings. The van der Waals surface area contributed by atoms with Crippen LogP contribution in [0.4, 0.5) is 0 Å². The third-order valence-corrected chi connectivity index (χ3v) is 3.54. The summed E-state index contributed by atoms with van der Waals surface area (Å²) in [5, 5.41) is 0.319. The zero-order valence-electron chi connectivity index (χ0n) is 11.7. The molecule has 0 N–H and O–H groups in total. The first-order valence-electron chi connectivity index (χ1n) is 6.71. The van der Waals surface area contributed by atoms with Gasteiger partial charge in [0.05, 0.1) is 0 Å². The molecule has 1 aromatic rings. The molecule has 108 valence electrons. The number of aromatic nitrogens is 1. The van der Waals surface area contributed by atoms with Gasteiger partial charge in [-0.15, -0.1) is 0 Å². The van der Waals surface area contributed by atoms with Gasteiger partial charge in [0.2, 0.25) is 5.91 Å². The standard InChI is InChI=1S/C14H18ClN3O2/c1-3-4-11-7-10(8-12(15)16-11)14(20)18-6-5-17(2)13(19)9-18/h7-8H,3-6,9H2,1-2H3. The number of piperazine rings is 1. The van der Waals surface area contributed by atoms with E-state index in [1.807, 2.05) is 6.92 Å². The number of carbonyl (C=O) groups is 2. The first-order valence-corrected chi connectivity index (χ1v) is 7.08. The average Bonchev–Trinajstić information content (AvgIpc) is 2.41. The van der Waals surface area contributed by atoms with Crippen LogP contribution >= 0.6 is 11.6 Å². The lowest BCUT2D eigenvalue weighted by atomic mass is 10.1. The highest BCUT2D eigenvalue weighted by molar-refractivity contribution is 6.29. The molecule has 1 saturated heterocycles. The van der Waals surface area contributed by atoms with E-state index >= 15 is 0 Å². The molecule has 0 bridgehead atoms. The van der Waals surface area contributed by atoms with Gasteiger partial charge >= 0.3 is 0 Å². The van der Waals surface area contributed by atoms with Gasteiger partial charge in [-0.2, -0.15) is 0 Å². The van der Waals surface area contributed by atoms with Crippen molar-refractivity contribution in [1.29, 1.82) is 0 Å². The number of rotatable bonds is 3. The maximum absolute atomic E-state index is 12.4. The number of halogens is 1. The SMILES string of the molecule is CCCc1cc(C(=O)N2CCN(C)C(=O)C2)cc(Cl)n1. The molecule has 1 fully saturated rings. The van der Waals surface area contributed by atoms with Gasteiger partial charge in [-0.3, -0.25) is 9.59 Å². The van der Waals surface area contributed by atoms with Crippen LogP contribution in [-0.4, -0.2) is 53.3 Å². The number of aryl methyl sites for hydroxylation is 1. The lowest BCUT2D eigenvalue weighted by Crippen LogP contribution is -2.50. The highest BCUT2D eigenvalue weighted by Gasteiger charge is 2.26. The summed E-state index contributed by atoms with van der Waals surface area (Å²) < 4.78 is 0. The van der Waals surface area contributed by atoms with E-state index in [1.165, 1.54) is 0 Å². The van der Waals surface area contributed by atoms with Gasteiger partial charge in [0.15, 0.2) is 0 Å². The lowest BCUT2D eigenvalue weighted by molar-refractivity contribution is -0.133. The quantitative estimate of drug-likeness (QED) is 0.796. The number of hydrogen-bond donors (Lipinski definition) is 0. The van der Waals surface area contributed by atoms with E-state index < -0.39 is 0 Å². The van der Waals surface area contributed by atoms with E-state index in [0.717, 1.165) is 18.5 Å². The van der Waals surface area contributed by atoms with Crippen LogP contribution in [0.15, 0.2) is 12.1 Å². The monoisotopic (exact) mass is 295 g/mol. The summed E-state index contributed by atoms with van der Waals surface area (Å²) in [6, 6.07) is 3.33. The van der Waals surface area contributed by atoms with E-state index in [1.54, 1.807) is 29.0 Å². The third kappa shape index (κ3) is 3.28. The van der Waals surface area contributed by atoms with Gasteiger partial charge in [0.25, 0.3) is 5.91 Å². The Bertz CT molecular complexity index is 533. The fourth-order valence-electron chi connectivity index (χ4n) is 2.17. The zero-order chi connectivity index (χ0) is 14.7. The van der Waals surface area contributed by atoms with E-state index in [2.05, 4.69) is 4.98 Å². The molecule has 0 aromatic carbocycles. The molecule has 5 nitrogen and oxygen atoms in total. The van der Waals surface area contributed by atoms with Gasteiger partial charge in [-0.25, -0.2) is 4.98 Å². The van der Waals surface area contributed by atoms with E-state index in [4.69, 9.17) is 11.6 Å². The first-order chi connectivity index (χ1) is 9.51. The van der Waals surface area contributed by atoms with Crippen LogP contribution in [0.5, 0.6) is 0 Å². The number of nitrogens with zero attached hydrogens (tertiary/aromatic N) is 3. The Kier molecular flexibility index (Phi) is 4.60. The van der Waals surface area contributed by atoms with E-state index in [0.29, 0.717) is 23.8 Å². The summed E-state index contributed by atoms with van der Waals surface area (Å²) in [7, 11) is 1.74. The molecule has 0 aliphatic carbocycles. The normalized spacial score (nSPS) is 15.7. The second-order valence-corrected chi connectivity index (χ2v) is 5.35. The Morgan fingerprint density at radius 2 is 2.15 bits per heavy atom. The van der Waals surface area contributed by atoms with Crippen molar-refractivity contribution in [2.24, 2.45) is 0 Å². The maximum atomic E-state index is 12.4. The second-order valence-electron chi connectivity index (χ2n) is 4.96. The summed E-state index contributed by atoms with van der Waals surface area (Å²) in [6.45, 7) is 3.27. The van der Waals surface area contributed by atoms with E-state index in [9.17, 15) is 9.59 Å². The minimum absolute atomic E-state index is 0.0430. The molecule has 20 heavy (non-hydrogen) atoms. The number of amides is 2. The molecule has 1 aliphatic heterocycles. The van der Waals surface area contributed by atoms with Gasteiger partial charge in [-0.05, 0) is 18.6 Å². The zero-order valence-corrected chi connectivity index (χ0v) is 12.5. The molecular weight excluding hydrogens is 278 g/mol. The average molecular weight is 296 g/mol. The van der Waals surface area contributed by atoms with Crippen LogP contribution in [0.3, 0.4) is 0 Å². The van der Waals surface area contributed by atoms with Crippen molar-refractivity contribution in [3.63, 3.8) is 0 Å². The molecule has 2 rings (SSSR count). The Labute approximate surface area is 123 Å². The number of carbonyl (C=O) groups excluding carboxylic acids is 2. The number of likely N-dealkylation sites (N-methyl/N-ethyl adjacent to an activating group) is 1. The van der Waals surface area contributed by atoms with Crippen LogP contribution in [-0.2, 0) is 11.2 Å². The second kappa shape index (κ2) is 6.22. The topological polar surface area (TPSA) is 53.5 Å². The van der Waals surface area contributed by atoms with Gasteiger partial charge < -0.3 is 9.80 Å². The van der Waals surface area contributed by atoms with E-state index in [-0.39, 0.29) is 18.4 Å². The van der Waals surface area contributed by atoms with Crippen molar-refractivity contribution in [1.82, 2.24) is 14.8 Å². The first kappa shape index (κ1) is 14.8. The molecule has 0 unspecified atom stereocenters. The Morgan fingerprint density at radius 1 is 1.40 bits per heavy atom.